The van der Waals surface area contributed by atoms with Crippen molar-refractivity contribution >= 4 is 39.9 Å². The Bertz CT molecular complexity index is 744. The number of carbonyl (C=O) groups excluding carboxylic acids is 1. The molecule has 8 nitrogen and oxygen atoms in total. The average Bonchev–Trinajstić information content (AvgIpc) is 2.74. The Morgan fingerprint density at radius 3 is 2.27 bits per heavy atom. The Hall–Kier alpha value is -2.23. The van der Waals surface area contributed by atoms with Crippen molar-refractivity contribution < 1.29 is 29.3 Å². The van der Waals surface area contributed by atoms with Gasteiger partial charge in [0.1, 0.15) is 0 Å². The van der Waals surface area contributed by atoms with Crippen LogP contribution in [0.2, 0.25) is 0 Å². The van der Waals surface area contributed by atoms with Crippen LogP contribution in [0.3, 0.4) is 0 Å². The molecule has 2 heterocycles. The molecule has 164 valence electrons. The van der Waals surface area contributed by atoms with E-state index in [9.17, 15) is 4.79 Å². The second-order valence-electron chi connectivity index (χ2n) is 7.13. The van der Waals surface area contributed by atoms with Crippen molar-refractivity contribution in [2.24, 2.45) is 5.92 Å². The van der Waals surface area contributed by atoms with Gasteiger partial charge in [0.15, 0.2) is 0 Å². The minimum atomic E-state index is -1.82. The first-order valence-electron chi connectivity index (χ1n) is 9.83. The Balaban J connectivity index is 0.000000469. The first-order valence-corrected chi connectivity index (χ1v) is 10.6. The number of likely N-dealkylation sites (tertiary alicyclic amines) is 1. The third-order valence-corrected chi connectivity index (χ3v) is 5.44. The summed E-state index contributed by atoms with van der Waals surface area (Å²) in [5, 5.41) is 14.8. The Labute approximate surface area is 184 Å². The molecule has 2 aliphatic rings. The molecule has 0 spiro atoms. The van der Waals surface area contributed by atoms with E-state index in [4.69, 9.17) is 24.5 Å². The summed E-state index contributed by atoms with van der Waals surface area (Å²) in [5.74, 6) is -2.81. The predicted molar refractivity (Wildman–Crippen MR) is 115 cm³/mol. The quantitative estimate of drug-likeness (QED) is 0.633. The summed E-state index contributed by atoms with van der Waals surface area (Å²) in [6.07, 6.45) is 6.60. The van der Waals surface area contributed by atoms with Crippen molar-refractivity contribution in [1.29, 1.82) is 0 Å². The maximum absolute atomic E-state index is 12.4. The lowest BCUT2D eigenvalue weighted by molar-refractivity contribution is -0.159. The molecule has 0 atom stereocenters. The summed E-state index contributed by atoms with van der Waals surface area (Å²) in [6, 6.07) is 8.33. The molecule has 2 saturated heterocycles. The van der Waals surface area contributed by atoms with Gasteiger partial charge in [0.25, 0.3) is 0 Å². The van der Waals surface area contributed by atoms with Gasteiger partial charge in [-0.05, 0) is 36.5 Å². The van der Waals surface area contributed by atoms with E-state index in [-0.39, 0.29) is 5.91 Å². The van der Waals surface area contributed by atoms with Gasteiger partial charge in [0.2, 0.25) is 5.91 Å². The number of halogens is 1. The summed E-state index contributed by atoms with van der Waals surface area (Å²) < 4.78 is 6.44. The van der Waals surface area contributed by atoms with Crippen LogP contribution in [0.25, 0.3) is 6.08 Å². The van der Waals surface area contributed by atoms with Gasteiger partial charge in [-0.3, -0.25) is 9.69 Å². The zero-order valence-corrected chi connectivity index (χ0v) is 18.3. The van der Waals surface area contributed by atoms with Crippen molar-refractivity contribution in [3.8, 4) is 0 Å². The number of rotatable bonds is 4. The zero-order valence-electron chi connectivity index (χ0n) is 16.7. The number of aliphatic carboxylic acids is 2. The third kappa shape index (κ3) is 8.64. The largest absolute Gasteiger partial charge is 0.473 e. The second-order valence-corrected chi connectivity index (χ2v) is 8.05. The lowest BCUT2D eigenvalue weighted by Crippen LogP contribution is -2.46. The van der Waals surface area contributed by atoms with Crippen LogP contribution >= 0.6 is 15.9 Å². The molecule has 9 heteroatoms. The van der Waals surface area contributed by atoms with Gasteiger partial charge < -0.3 is 19.8 Å². The van der Waals surface area contributed by atoms with Crippen molar-refractivity contribution in [2.75, 3.05) is 45.9 Å². The van der Waals surface area contributed by atoms with Crippen LogP contribution in [0.1, 0.15) is 18.4 Å². The number of carboxylic acid groups (broad SMARTS) is 2. The van der Waals surface area contributed by atoms with Gasteiger partial charge >= 0.3 is 11.9 Å². The summed E-state index contributed by atoms with van der Waals surface area (Å²) >= 11 is 3.50. The third-order valence-electron chi connectivity index (χ3n) is 4.95. The molecular formula is C21H27BrN2O6. The van der Waals surface area contributed by atoms with Crippen LogP contribution in [0, 0.1) is 5.92 Å². The molecular weight excluding hydrogens is 456 g/mol. The molecule has 0 aliphatic carbocycles. The van der Waals surface area contributed by atoms with Crippen LogP contribution < -0.4 is 0 Å². The Morgan fingerprint density at radius 1 is 1.07 bits per heavy atom. The lowest BCUT2D eigenvalue weighted by atomic mass is 9.95. The summed E-state index contributed by atoms with van der Waals surface area (Å²) in [4.78, 5) is 34.8. The second kappa shape index (κ2) is 12.5. The number of amides is 1. The highest BCUT2D eigenvalue weighted by Crippen LogP contribution is 2.21. The fraction of sp³-hybridized carbons (Fsp3) is 0.476. The van der Waals surface area contributed by atoms with Crippen LogP contribution in [0.4, 0.5) is 0 Å². The SMILES string of the molecule is O=C(CN1CCOCC1)N1CCC(/C=C/c2cccc(Br)c2)CC1.O=C(O)C(=O)O. The molecule has 2 N–H and O–H groups in total. The highest BCUT2D eigenvalue weighted by atomic mass is 79.9. The molecule has 1 aromatic carbocycles. The van der Waals surface area contributed by atoms with E-state index in [0.29, 0.717) is 12.5 Å². The molecule has 2 aliphatic heterocycles. The van der Waals surface area contributed by atoms with Crippen molar-refractivity contribution in [3.63, 3.8) is 0 Å². The lowest BCUT2D eigenvalue weighted by Gasteiger charge is -2.33. The minimum absolute atomic E-state index is 0.270. The van der Waals surface area contributed by atoms with Crippen LogP contribution in [0.5, 0.6) is 0 Å². The number of piperidine rings is 1. The molecule has 1 amide bonds. The maximum Gasteiger partial charge on any atom is 0.414 e. The Kier molecular flexibility index (Phi) is 9.99. The molecule has 30 heavy (non-hydrogen) atoms. The molecule has 0 unspecified atom stereocenters. The van der Waals surface area contributed by atoms with Crippen molar-refractivity contribution in [1.82, 2.24) is 9.80 Å². The molecule has 0 bridgehead atoms. The van der Waals surface area contributed by atoms with Gasteiger partial charge in [-0.1, -0.05) is 40.2 Å². The van der Waals surface area contributed by atoms with Gasteiger partial charge in [-0.15, -0.1) is 0 Å². The van der Waals surface area contributed by atoms with Crippen LogP contribution in [0.15, 0.2) is 34.8 Å². The molecule has 2 fully saturated rings. The van der Waals surface area contributed by atoms with E-state index >= 15 is 0 Å². The molecule has 3 rings (SSSR count). The van der Waals surface area contributed by atoms with Gasteiger partial charge in [0, 0.05) is 30.7 Å². The van der Waals surface area contributed by atoms with E-state index in [1.165, 1.54) is 5.56 Å². The van der Waals surface area contributed by atoms with E-state index in [2.05, 4.69) is 51.2 Å². The summed E-state index contributed by atoms with van der Waals surface area (Å²) in [6.45, 7) is 5.52. The fourth-order valence-electron chi connectivity index (χ4n) is 3.25. The number of hydrogen-bond donors (Lipinski definition) is 2. The number of benzene rings is 1. The number of allylic oxidation sites excluding steroid dienone is 1. The number of morpholine rings is 1. The fourth-order valence-corrected chi connectivity index (χ4v) is 3.67. The number of ether oxygens (including phenoxy) is 1. The first-order chi connectivity index (χ1) is 14.3. The van der Waals surface area contributed by atoms with Crippen molar-refractivity contribution in [2.45, 2.75) is 12.8 Å². The first kappa shape index (κ1) is 24.0. The molecule has 1 aromatic rings. The molecule has 0 radical (unpaired) electrons. The Morgan fingerprint density at radius 2 is 1.70 bits per heavy atom. The van der Waals surface area contributed by atoms with Crippen molar-refractivity contribution in [3.05, 3.63) is 40.4 Å². The monoisotopic (exact) mass is 482 g/mol. The normalized spacial score (nSPS) is 18.0. The van der Waals surface area contributed by atoms with Gasteiger partial charge in [0.05, 0.1) is 19.8 Å². The zero-order chi connectivity index (χ0) is 21.9. The predicted octanol–water partition coefficient (Wildman–Crippen LogP) is 2.19. The van der Waals surface area contributed by atoms with Gasteiger partial charge in [-0.2, -0.15) is 0 Å². The summed E-state index contributed by atoms with van der Waals surface area (Å²) in [7, 11) is 0. The number of nitrogens with zero attached hydrogens (tertiary/aromatic N) is 2. The van der Waals surface area contributed by atoms with Gasteiger partial charge in [-0.25, -0.2) is 9.59 Å². The maximum atomic E-state index is 12.4. The van der Waals surface area contributed by atoms with Crippen LogP contribution in [-0.4, -0.2) is 83.8 Å². The number of carboxylic acids is 2. The van der Waals surface area contributed by atoms with E-state index in [0.717, 1.165) is 56.7 Å². The average molecular weight is 483 g/mol. The number of hydrogen-bond acceptors (Lipinski definition) is 5. The molecule has 0 saturated carbocycles. The molecule has 0 aromatic heterocycles. The smallest absolute Gasteiger partial charge is 0.414 e. The highest BCUT2D eigenvalue weighted by molar-refractivity contribution is 9.10. The summed E-state index contributed by atoms with van der Waals surface area (Å²) in [5.41, 5.74) is 1.22. The van der Waals surface area contributed by atoms with E-state index < -0.39 is 11.9 Å². The minimum Gasteiger partial charge on any atom is -0.473 e. The van der Waals surface area contributed by atoms with E-state index in [1.807, 2.05) is 11.0 Å². The topological polar surface area (TPSA) is 107 Å². The standard InChI is InChI=1S/C19H25BrN2O2.C2H2O4/c20-18-3-1-2-17(14-18)5-4-16-6-8-22(9-7-16)19(23)15-21-10-12-24-13-11-21;3-1(4)2(5)6/h1-5,14,16H,6-13,15H2;(H,3,4)(H,5,6)/b5-4+;. The van der Waals surface area contributed by atoms with Crippen LogP contribution in [-0.2, 0) is 19.1 Å². The highest BCUT2D eigenvalue weighted by Gasteiger charge is 2.23. The van der Waals surface area contributed by atoms with E-state index in [1.54, 1.807) is 0 Å². The number of carbonyl (C=O) groups is 3.